The first-order valence-corrected chi connectivity index (χ1v) is 6.62. The van der Waals surface area contributed by atoms with Gasteiger partial charge in [0, 0.05) is 23.3 Å². The summed E-state index contributed by atoms with van der Waals surface area (Å²) in [5.41, 5.74) is 3.54. The third-order valence-electron chi connectivity index (χ3n) is 2.90. The van der Waals surface area contributed by atoms with Gasteiger partial charge in [-0.2, -0.15) is 0 Å². The molecule has 2 heterocycles. The van der Waals surface area contributed by atoms with Crippen LogP contribution in [0.4, 0.5) is 11.4 Å². The Morgan fingerprint density at radius 2 is 2.39 bits per heavy atom. The van der Waals surface area contributed by atoms with Gasteiger partial charge in [-0.05, 0) is 42.1 Å². The van der Waals surface area contributed by atoms with Crippen molar-refractivity contribution in [3.8, 4) is 0 Å². The lowest BCUT2D eigenvalue weighted by Gasteiger charge is -2.18. The minimum Gasteiger partial charge on any atom is -0.385 e. The quantitative estimate of drug-likeness (QED) is 0.868. The number of rotatable bonds is 2. The lowest BCUT2D eigenvalue weighted by atomic mass is 10.0. The molecule has 3 rings (SSSR count). The van der Waals surface area contributed by atoms with Gasteiger partial charge in [-0.15, -0.1) is 5.10 Å². The first-order valence-electron chi connectivity index (χ1n) is 5.78. The fourth-order valence-corrected chi connectivity index (χ4v) is 2.43. The minimum atomic E-state index is -0.223. The lowest BCUT2D eigenvalue weighted by molar-refractivity contribution is 0.102. The van der Waals surface area contributed by atoms with Crippen LogP contribution in [0.1, 0.15) is 22.5 Å². The normalized spacial score (nSPS) is 13.6. The molecule has 2 N–H and O–H groups in total. The summed E-state index contributed by atoms with van der Waals surface area (Å²) in [6.07, 6.45) is 2.25. The topological polar surface area (TPSA) is 66.9 Å². The maximum atomic E-state index is 11.8. The highest BCUT2D eigenvalue weighted by atomic mass is 32.1. The van der Waals surface area contributed by atoms with Gasteiger partial charge < -0.3 is 10.6 Å². The highest BCUT2D eigenvalue weighted by molar-refractivity contribution is 7.03. The number of carbonyl (C=O) groups excluding carboxylic acids is 1. The van der Waals surface area contributed by atoms with E-state index in [1.807, 2.05) is 12.1 Å². The second-order valence-corrected chi connectivity index (χ2v) is 4.76. The van der Waals surface area contributed by atoms with E-state index in [4.69, 9.17) is 0 Å². The molecule has 0 aliphatic carbocycles. The summed E-state index contributed by atoms with van der Waals surface area (Å²) in [4.78, 5) is 11.8. The van der Waals surface area contributed by atoms with E-state index in [-0.39, 0.29) is 5.91 Å². The molecule has 18 heavy (non-hydrogen) atoms. The van der Waals surface area contributed by atoms with Crippen molar-refractivity contribution in [2.75, 3.05) is 17.2 Å². The smallest absolute Gasteiger partial charge is 0.277 e. The fraction of sp³-hybridized carbons (Fsp3) is 0.250. The Morgan fingerprint density at radius 1 is 1.44 bits per heavy atom. The molecule has 1 aliphatic rings. The van der Waals surface area contributed by atoms with Crippen LogP contribution >= 0.6 is 11.5 Å². The number of aryl methyl sites for hydroxylation is 1. The first-order chi connectivity index (χ1) is 8.83. The predicted octanol–water partition coefficient (Wildman–Crippen LogP) is 2.15. The Bertz CT molecular complexity index is 567. The van der Waals surface area contributed by atoms with E-state index in [2.05, 4.69) is 26.3 Å². The zero-order valence-electron chi connectivity index (χ0n) is 9.64. The van der Waals surface area contributed by atoms with Gasteiger partial charge in [0.1, 0.15) is 0 Å². The highest BCUT2D eigenvalue weighted by Gasteiger charge is 2.12. The van der Waals surface area contributed by atoms with Crippen LogP contribution in [0.15, 0.2) is 23.6 Å². The van der Waals surface area contributed by atoms with Gasteiger partial charge in [0.2, 0.25) is 0 Å². The van der Waals surface area contributed by atoms with Crippen molar-refractivity contribution >= 4 is 28.8 Å². The van der Waals surface area contributed by atoms with Crippen molar-refractivity contribution in [1.29, 1.82) is 0 Å². The summed E-state index contributed by atoms with van der Waals surface area (Å²) in [6.45, 7) is 0.987. The average Bonchev–Trinajstić information content (AvgIpc) is 2.92. The molecule has 92 valence electrons. The number of hydrogen-bond donors (Lipinski definition) is 2. The fourth-order valence-electron chi connectivity index (χ4n) is 2.00. The molecule has 5 nitrogen and oxygen atoms in total. The highest BCUT2D eigenvalue weighted by Crippen LogP contribution is 2.25. The Balaban J connectivity index is 1.79. The molecular formula is C12H12N4OS. The van der Waals surface area contributed by atoms with E-state index in [9.17, 15) is 4.79 Å². The van der Waals surface area contributed by atoms with E-state index in [0.29, 0.717) is 5.69 Å². The number of nitrogens with zero attached hydrogens (tertiary/aromatic N) is 2. The van der Waals surface area contributed by atoms with Crippen molar-refractivity contribution in [2.24, 2.45) is 0 Å². The standard InChI is InChI=1S/C12H12N4OS/c17-12(11-7-18-16-15-11)14-9-4-3-8-2-1-5-13-10(8)6-9/h3-4,6-7,13H,1-2,5H2,(H,14,17). The van der Waals surface area contributed by atoms with Crippen LogP contribution in [0, 0.1) is 0 Å². The summed E-state index contributed by atoms with van der Waals surface area (Å²) >= 11 is 1.17. The number of fused-ring (bicyclic) bond motifs is 1. The molecule has 0 radical (unpaired) electrons. The van der Waals surface area contributed by atoms with Gasteiger partial charge in [-0.25, -0.2) is 0 Å². The lowest BCUT2D eigenvalue weighted by Crippen LogP contribution is -2.15. The molecule has 0 unspecified atom stereocenters. The monoisotopic (exact) mass is 260 g/mol. The Labute approximate surface area is 108 Å². The van der Waals surface area contributed by atoms with Gasteiger partial charge >= 0.3 is 0 Å². The number of aromatic nitrogens is 2. The Kier molecular flexibility index (Phi) is 2.93. The third-order valence-corrected chi connectivity index (χ3v) is 3.40. The van der Waals surface area contributed by atoms with Crippen LogP contribution in [0.3, 0.4) is 0 Å². The molecule has 1 aromatic carbocycles. The Morgan fingerprint density at radius 3 is 3.22 bits per heavy atom. The van der Waals surface area contributed by atoms with Crippen LogP contribution < -0.4 is 10.6 Å². The third kappa shape index (κ3) is 2.19. The summed E-state index contributed by atoms with van der Waals surface area (Å²) in [5, 5.41) is 11.5. The van der Waals surface area contributed by atoms with Gasteiger partial charge in [-0.1, -0.05) is 10.6 Å². The zero-order chi connectivity index (χ0) is 12.4. The molecule has 1 aliphatic heterocycles. The number of amides is 1. The van der Waals surface area contributed by atoms with Gasteiger partial charge in [0.25, 0.3) is 5.91 Å². The number of carbonyl (C=O) groups is 1. The summed E-state index contributed by atoms with van der Waals surface area (Å²) in [7, 11) is 0. The molecule has 0 bridgehead atoms. The van der Waals surface area contributed by atoms with Crippen LogP contribution in [0.2, 0.25) is 0 Å². The van der Waals surface area contributed by atoms with Crippen LogP contribution in [-0.4, -0.2) is 22.0 Å². The molecule has 0 spiro atoms. The van der Waals surface area contributed by atoms with E-state index >= 15 is 0 Å². The molecule has 1 amide bonds. The number of hydrogen-bond acceptors (Lipinski definition) is 5. The van der Waals surface area contributed by atoms with Crippen molar-refractivity contribution in [2.45, 2.75) is 12.8 Å². The van der Waals surface area contributed by atoms with Gasteiger partial charge in [0.15, 0.2) is 5.69 Å². The zero-order valence-corrected chi connectivity index (χ0v) is 10.5. The second kappa shape index (κ2) is 4.73. The van der Waals surface area contributed by atoms with Gasteiger partial charge in [0.05, 0.1) is 0 Å². The van der Waals surface area contributed by atoms with E-state index in [1.54, 1.807) is 5.38 Å². The van der Waals surface area contributed by atoms with Crippen molar-refractivity contribution in [1.82, 2.24) is 9.59 Å². The largest absolute Gasteiger partial charge is 0.385 e. The maximum Gasteiger partial charge on any atom is 0.277 e. The number of benzene rings is 1. The van der Waals surface area contributed by atoms with Crippen molar-refractivity contribution in [3.63, 3.8) is 0 Å². The molecule has 2 aromatic rings. The van der Waals surface area contributed by atoms with Gasteiger partial charge in [-0.3, -0.25) is 4.79 Å². The van der Waals surface area contributed by atoms with E-state index in [0.717, 1.165) is 30.8 Å². The summed E-state index contributed by atoms with van der Waals surface area (Å²) < 4.78 is 3.67. The molecule has 6 heteroatoms. The van der Waals surface area contributed by atoms with Crippen LogP contribution in [0.25, 0.3) is 0 Å². The summed E-state index contributed by atoms with van der Waals surface area (Å²) in [6, 6.07) is 5.94. The number of nitrogens with one attached hydrogen (secondary N) is 2. The predicted molar refractivity (Wildman–Crippen MR) is 71.1 cm³/mol. The van der Waals surface area contributed by atoms with Crippen LogP contribution in [0.5, 0.6) is 0 Å². The number of anilines is 2. The maximum absolute atomic E-state index is 11.8. The molecule has 1 aromatic heterocycles. The molecule has 0 saturated carbocycles. The Hall–Kier alpha value is -1.95. The second-order valence-electron chi connectivity index (χ2n) is 4.15. The SMILES string of the molecule is O=C(Nc1ccc2c(c1)NCCC2)c1csnn1. The molecular weight excluding hydrogens is 248 g/mol. The van der Waals surface area contributed by atoms with E-state index < -0.39 is 0 Å². The van der Waals surface area contributed by atoms with Crippen molar-refractivity contribution < 1.29 is 4.79 Å². The molecule has 0 saturated heterocycles. The average molecular weight is 260 g/mol. The van der Waals surface area contributed by atoms with Crippen LogP contribution in [-0.2, 0) is 6.42 Å². The molecule has 0 fully saturated rings. The van der Waals surface area contributed by atoms with E-state index in [1.165, 1.54) is 17.1 Å². The van der Waals surface area contributed by atoms with Crippen molar-refractivity contribution in [3.05, 3.63) is 34.8 Å². The minimum absolute atomic E-state index is 0.223. The summed E-state index contributed by atoms with van der Waals surface area (Å²) in [5.74, 6) is -0.223. The first kappa shape index (κ1) is 11.2. The molecule has 0 atom stereocenters.